The Morgan fingerprint density at radius 3 is 2.24 bits per heavy atom. The van der Waals surface area contributed by atoms with Gasteiger partial charge in [0.15, 0.2) is 5.41 Å². The summed E-state index contributed by atoms with van der Waals surface area (Å²) in [5, 5.41) is 0. The highest BCUT2D eigenvalue weighted by Gasteiger charge is 2.46. The van der Waals surface area contributed by atoms with Gasteiger partial charge < -0.3 is 9.47 Å². The number of ether oxygens (including phenoxy) is 2. The summed E-state index contributed by atoms with van der Waals surface area (Å²) in [6.45, 7) is 10.0. The van der Waals surface area contributed by atoms with Gasteiger partial charge in [0.25, 0.3) is 0 Å². The molecule has 4 nitrogen and oxygen atoms in total. The summed E-state index contributed by atoms with van der Waals surface area (Å²) in [5.74, 6) is -0.485. The van der Waals surface area contributed by atoms with Gasteiger partial charge in [0.1, 0.15) is 5.75 Å². The topological polar surface area (TPSA) is 52.6 Å². The third-order valence-corrected chi connectivity index (χ3v) is 4.98. The highest BCUT2D eigenvalue weighted by molar-refractivity contribution is 6.00. The van der Waals surface area contributed by atoms with E-state index < -0.39 is 17.4 Å². The lowest BCUT2D eigenvalue weighted by molar-refractivity contribution is -0.168. The van der Waals surface area contributed by atoms with Gasteiger partial charge in [-0.05, 0) is 50.3 Å². The molecule has 0 fully saturated rings. The van der Waals surface area contributed by atoms with E-state index in [-0.39, 0.29) is 0 Å². The molecular formula is C21H32O4. The lowest BCUT2D eigenvalue weighted by Crippen LogP contribution is -2.42. The number of hydrogen-bond donors (Lipinski definition) is 0. The maximum absolute atomic E-state index is 12.8. The Kier molecular flexibility index (Phi) is 8.67. The van der Waals surface area contributed by atoms with Crippen LogP contribution in [0.3, 0.4) is 0 Å². The van der Waals surface area contributed by atoms with Crippen molar-refractivity contribution in [1.29, 1.82) is 0 Å². The van der Waals surface area contributed by atoms with E-state index in [1.807, 2.05) is 39.8 Å². The predicted octanol–water partition coefficient (Wildman–Crippen LogP) is 5.14. The minimum atomic E-state index is -1.24. The van der Waals surface area contributed by atoms with Gasteiger partial charge in [-0.3, -0.25) is 9.59 Å². The van der Waals surface area contributed by atoms with Gasteiger partial charge in [-0.2, -0.15) is 0 Å². The van der Waals surface area contributed by atoms with Gasteiger partial charge in [0.2, 0.25) is 0 Å². The van der Waals surface area contributed by atoms with Crippen LogP contribution in [0.15, 0.2) is 18.2 Å². The first kappa shape index (κ1) is 21.2. The summed E-state index contributed by atoms with van der Waals surface area (Å²) in [6, 6.07) is 5.56. The van der Waals surface area contributed by atoms with Crippen LogP contribution in [0, 0.1) is 19.3 Å². The summed E-state index contributed by atoms with van der Waals surface area (Å²) in [7, 11) is 0. The smallest absolute Gasteiger partial charge is 0.328 e. The molecule has 0 saturated carbocycles. The van der Waals surface area contributed by atoms with Gasteiger partial charge in [0.05, 0.1) is 6.61 Å². The van der Waals surface area contributed by atoms with Crippen molar-refractivity contribution in [3.8, 4) is 5.75 Å². The first-order chi connectivity index (χ1) is 11.9. The fourth-order valence-corrected chi connectivity index (χ4v) is 2.77. The van der Waals surface area contributed by atoms with Crippen LogP contribution in [0.5, 0.6) is 5.75 Å². The average Bonchev–Trinajstić information content (AvgIpc) is 2.60. The number of hydrogen-bond acceptors (Lipinski definition) is 4. The van der Waals surface area contributed by atoms with Crippen molar-refractivity contribution in [1.82, 2.24) is 0 Å². The number of unbranched alkanes of at least 4 members (excludes halogenated alkanes) is 3. The summed E-state index contributed by atoms with van der Waals surface area (Å²) in [5.41, 5.74) is 0.716. The Morgan fingerprint density at radius 2 is 1.64 bits per heavy atom. The first-order valence-electron chi connectivity index (χ1n) is 9.38. The van der Waals surface area contributed by atoms with E-state index in [9.17, 15) is 9.59 Å². The van der Waals surface area contributed by atoms with Gasteiger partial charge in [0, 0.05) is 0 Å². The summed E-state index contributed by atoms with van der Waals surface area (Å²) in [4.78, 5) is 25.4. The Balaban J connectivity index is 2.83. The molecule has 0 aliphatic rings. The second kappa shape index (κ2) is 10.2. The number of esters is 2. The fourth-order valence-electron chi connectivity index (χ4n) is 2.77. The largest absolute Gasteiger partial charge is 0.465 e. The molecule has 1 aromatic rings. The highest BCUT2D eigenvalue weighted by Crippen LogP contribution is 2.32. The summed E-state index contributed by atoms with van der Waals surface area (Å²) < 4.78 is 11.0. The van der Waals surface area contributed by atoms with E-state index in [1.165, 1.54) is 0 Å². The van der Waals surface area contributed by atoms with E-state index in [1.54, 1.807) is 6.07 Å². The van der Waals surface area contributed by atoms with Crippen molar-refractivity contribution in [2.24, 2.45) is 5.41 Å². The first-order valence-corrected chi connectivity index (χ1v) is 9.38. The van der Waals surface area contributed by atoms with Crippen LogP contribution in [0.4, 0.5) is 0 Å². The standard InChI is InChI=1S/C21H32O4/c1-6-9-10-11-15-24-19(22)21(7-2,8-3)20(23)25-18-14-12-13-16(4)17(18)5/h12-14H,6-11,15H2,1-5H3. The number of carbonyl (C=O) groups excluding carboxylic acids is 2. The molecule has 0 spiro atoms. The normalized spacial score (nSPS) is 11.2. The number of carbonyl (C=O) groups is 2. The minimum absolute atomic E-state index is 0.358. The molecule has 0 aliphatic carbocycles. The molecule has 140 valence electrons. The van der Waals surface area contributed by atoms with Gasteiger partial charge >= 0.3 is 11.9 Å². The molecule has 0 amide bonds. The Labute approximate surface area is 151 Å². The quantitative estimate of drug-likeness (QED) is 0.254. The zero-order chi connectivity index (χ0) is 18.9. The molecule has 0 bridgehead atoms. The molecule has 0 atom stereocenters. The Hall–Kier alpha value is -1.84. The van der Waals surface area contributed by atoms with Gasteiger partial charge in [-0.1, -0.05) is 52.2 Å². The van der Waals surface area contributed by atoms with Crippen LogP contribution >= 0.6 is 0 Å². The van der Waals surface area contributed by atoms with Crippen LogP contribution in [0.25, 0.3) is 0 Å². The predicted molar refractivity (Wildman–Crippen MR) is 99.7 cm³/mol. The molecule has 0 saturated heterocycles. The molecule has 1 rings (SSSR count). The summed E-state index contributed by atoms with van der Waals surface area (Å²) in [6.07, 6.45) is 4.84. The maximum atomic E-state index is 12.8. The fraction of sp³-hybridized carbons (Fsp3) is 0.619. The zero-order valence-electron chi connectivity index (χ0n) is 16.3. The zero-order valence-corrected chi connectivity index (χ0v) is 16.3. The number of rotatable bonds is 10. The van der Waals surface area contributed by atoms with Crippen LogP contribution in [0.2, 0.25) is 0 Å². The second-order valence-corrected chi connectivity index (χ2v) is 6.57. The molecule has 25 heavy (non-hydrogen) atoms. The Morgan fingerprint density at radius 1 is 0.960 bits per heavy atom. The third kappa shape index (κ3) is 5.32. The van der Waals surface area contributed by atoms with Gasteiger partial charge in [-0.25, -0.2) is 0 Å². The lowest BCUT2D eigenvalue weighted by Gasteiger charge is -2.27. The monoisotopic (exact) mass is 348 g/mol. The summed E-state index contributed by atoms with van der Waals surface area (Å²) >= 11 is 0. The van der Waals surface area contributed by atoms with Crippen molar-refractivity contribution in [3.63, 3.8) is 0 Å². The van der Waals surface area contributed by atoms with E-state index in [4.69, 9.17) is 9.47 Å². The SMILES string of the molecule is CCCCCCOC(=O)C(CC)(CC)C(=O)Oc1cccc(C)c1C. The molecular weight excluding hydrogens is 316 g/mol. The molecule has 0 N–H and O–H groups in total. The molecule has 0 unspecified atom stereocenters. The Bertz CT molecular complexity index is 573. The number of benzene rings is 1. The molecule has 0 aromatic heterocycles. The van der Waals surface area contributed by atoms with E-state index in [2.05, 4.69) is 6.92 Å². The van der Waals surface area contributed by atoms with E-state index in [0.29, 0.717) is 25.2 Å². The van der Waals surface area contributed by atoms with Crippen LogP contribution in [-0.4, -0.2) is 18.5 Å². The van der Waals surface area contributed by atoms with Crippen molar-refractivity contribution in [2.75, 3.05) is 6.61 Å². The molecule has 4 heteroatoms. The molecule has 0 aliphatic heterocycles. The maximum Gasteiger partial charge on any atom is 0.328 e. The van der Waals surface area contributed by atoms with Crippen LogP contribution in [-0.2, 0) is 14.3 Å². The number of aryl methyl sites for hydroxylation is 1. The van der Waals surface area contributed by atoms with E-state index >= 15 is 0 Å². The second-order valence-electron chi connectivity index (χ2n) is 6.57. The average molecular weight is 348 g/mol. The van der Waals surface area contributed by atoms with Crippen molar-refractivity contribution < 1.29 is 19.1 Å². The molecule has 0 radical (unpaired) electrons. The van der Waals surface area contributed by atoms with Crippen molar-refractivity contribution >= 4 is 11.9 Å². The van der Waals surface area contributed by atoms with Crippen molar-refractivity contribution in [2.45, 2.75) is 73.1 Å². The van der Waals surface area contributed by atoms with E-state index in [0.717, 1.165) is 36.8 Å². The van der Waals surface area contributed by atoms with Crippen molar-refractivity contribution in [3.05, 3.63) is 29.3 Å². The van der Waals surface area contributed by atoms with Gasteiger partial charge in [-0.15, -0.1) is 0 Å². The minimum Gasteiger partial charge on any atom is -0.465 e. The molecule has 1 aromatic carbocycles. The molecule has 0 heterocycles. The lowest BCUT2D eigenvalue weighted by atomic mass is 9.82. The van der Waals surface area contributed by atoms with Crippen LogP contribution < -0.4 is 4.74 Å². The van der Waals surface area contributed by atoms with Crippen LogP contribution in [0.1, 0.15) is 70.4 Å². The highest BCUT2D eigenvalue weighted by atomic mass is 16.6. The third-order valence-electron chi connectivity index (χ3n) is 4.98.